The van der Waals surface area contributed by atoms with Gasteiger partial charge >= 0.3 is 0 Å². The average Bonchev–Trinajstić information content (AvgIpc) is 2.42. The molecule has 2 aromatic carbocycles. The maximum absolute atomic E-state index is 6.27. The van der Waals surface area contributed by atoms with E-state index < -0.39 is 0 Å². The Hall–Kier alpha value is -1.80. The summed E-state index contributed by atoms with van der Waals surface area (Å²) in [5.74, 6) is 0.888. The van der Waals surface area contributed by atoms with Crippen LogP contribution in [0.25, 0.3) is 0 Å². The van der Waals surface area contributed by atoms with Gasteiger partial charge < -0.3 is 10.5 Å². The molecule has 0 aliphatic rings. The van der Waals surface area contributed by atoms with Crippen molar-refractivity contribution < 1.29 is 4.74 Å². The highest BCUT2D eigenvalue weighted by atomic mass is 16.5. The summed E-state index contributed by atoms with van der Waals surface area (Å²) < 4.78 is 5.51. The monoisotopic (exact) mass is 255 g/mol. The van der Waals surface area contributed by atoms with Crippen LogP contribution in [-0.4, -0.2) is 6.61 Å². The second-order valence-electron chi connectivity index (χ2n) is 4.80. The number of hydrogen-bond donors (Lipinski definition) is 1. The van der Waals surface area contributed by atoms with Crippen LogP contribution in [0.4, 0.5) is 0 Å². The van der Waals surface area contributed by atoms with Gasteiger partial charge in [-0.2, -0.15) is 0 Å². The number of benzene rings is 2. The van der Waals surface area contributed by atoms with Crippen molar-refractivity contribution in [3.63, 3.8) is 0 Å². The zero-order valence-electron chi connectivity index (χ0n) is 11.6. The van der Waals surface area contributed by atoms with E-state index in [9.17, 15) is 0 Å². The summed E-state index contributed by atoms with van der Waals surface area (Å²) in [4.78, 5) is 0. The summed E-state index contributed by atoms with van der Waals surface area (Å²) in [6.45, 7) is 4.75. The van der Waals surface area contributed by atoms with Gasteiger partial charge in [0.15, 0.2) is 0 Å². The molecule has 1 atom stereocenters. The van der Waals surface area contributed by atoms with Crippen LogP contribution in [-0.2, 0) is 6.42 Å². The van der Waals surface area contributed by atoms with Crippen LogP contribution in [0.5, 0.6) is 5.75 Å². The molecule has 2 rings (SSSR count). The average molecular weight is 255 g/mol. The number of rotatable bonds is 5. The molecule has 19 heavy (non-hydrogen) atoms. The van der Waals surface area contributed by atoms with Crippen LogP contribution in [0, 0.1) is 6.92 Å². The number of aryl methyl sites for hydroxylation is 1. The molecule has 0 aromatic heterocycles. The fraction of sp³-hybridized carbons (Fsp3) is 0.294. The summed E-state index contributed by atoms with van der Waals surface area (Å²) in [7, 11) is 0. The van der Waals surface area contributed by atoms with Gasteiger partial charge in [-0.3, -0.25) is 0 Å². The van der Waals surface area contributed by atoms with Crippen LogP contribution in [0.3, 0.4) is 0 Å². The minimum absolute atomic E-state index is 0.00288. The Bertz CT molecular complexity index is 519. The minimum Gasteiger partial charge on any atom is -0.494 e. The van der Waals surface area contributed by atoms with Gasteiger partial charge in [-0.1, -0.05) is 42.0 Å². The lowest BCUT2D eigenvalue weighted by Gasteiger charge is -2.14. The Morgan fingerprint density at radius 3 is 2.53 bits per heavy atom. The van der Waals surface area contributed by atoms with E-state index in [0.717, 1.165) is 17.7 Å². The summed E-state index contributed by atoms with van der Waals surface area (Å²) in [6, 6.07) is 16.6. The van der Waals surface area contributed by atoms with E-state index in [4.69, 9.17) is 10.5 Å². The van der Waals surface area contributed by atoms with Gasteiger partial charge in [-0.25, -0.2) is 0 Å². The van der Waals surface area contributed by atoms with Gasteiger partial charge in [0.25, 0.3) is 0 Å². The van der Waals surface area contributed by atoms with Crippen LogP contribution in [0.1, 0.15) is 29.7 Å². The van der Waals surface area contributed by atoms with Crippen LogP contribution >= 0.6 is 0 Å². The van der Waals surface area contributed by atoms with Crippen molar-refractivity contribution in [2.24, 2.45) is 5.73 Å². The molecule has 100 valence electrons. The second kappa shape index (κ2) is 6.39. The van der Waals surface area contributed by atoms with E-state index in [1.165, 1.54) is 11.1 Å². The van der Waals surface area contributed by atoms with Gasteiger partial charge in [0.1, 0.15) is 5.75 Å². The van der Waals surface area contributed by atoms with Crippen molar-refractivity contribution in [2.75, 3.05) is 6.61 Å². The zero-order valence-corrected chi connectivity index (χ0v) is 11.6. The Labute approximate surface area is 115 Å². The molecule has 2 heteroatoms. The van der Waals surface area contributed by atoms with Crippen LogP contribution in [0.15, 0.2) is 48.5 Å². The first-order valence-corrected chi connectivity index (χ1v) is 6.73. The molecule has 0 heterocycles. The standard InChI is InChI=1S/C17H21NO/c1-3-19-16-6-4-5-15(12-16)17(18)11-14-9-7-13(2)8-10-14/h4-10,12,17H,3,11,18H2,1-2H3. The molecule has 0 saturated carbocycles. The number of hydrogen-bond acceptors (Lipinski definition) is 2. The highest BCUT2D eigenvalue weighted by molar-refractivity contribution is 5.32. The lowest BCUT2D eigenvalue weighted by Crippen LogP contribution is -2.13. The summed E-state index contributed by atoms with van der Waals surface area (Å²) in [5, 5.41) is 0. The van der Waals surface area contributed by atoms with E-state index in [2.05, 4.69) is 37.3 Å². The normalized spacial score (nSPS) is 12.2. The molecule has 2 N–H and O–H groups in total. The van der Waals surface area contributed by atoms with E-state index >= 15 is 0 Å². The van der Waals surface area contributed by atoms with Crippen molar-refractivity contribution in [3.05, 3.63) is 65.2 Å². The quantitative estimate of drug-likeness (QED) is 0.885. The van der Waals surface area contributed by atoms with Crippen molar-refractivity contribution in [2.45, 2.75) is 26.3 Å². The predicted octanol–water partition coefficient (Wildman–Crippen LogP) is 3.64. The molecule has 2 nitrogen and oxygen atoms in total. The lowest BCUT2D eigenvalue weighted by atomic mass is 9.99. The smallest absolute Gasteiger partial charge is 0.119 e. The van der Waals surface area contributed by atoms with Crippen molar-refractivity contribution in [1.82, 2.24) is 0 Å². The summed E-state index contributed by atoms with van der Waals surface area (Å²) in [5.41, 5.74) is 9.93. The Morgan fingerprint density at radius 1 is 1.11 bits per heavy atom. The number of ether oxygens (including phenoxy) is 1. The first kappa shape index (κ1) is 13.6. The molecule has 1 unspecified atom stereocenters. The highest BCUT2D eigenvalue weighted by Crippen LogP contribution is 2.21. The predicted molar refractivity (Wildman–Crippen MR) is 79.4 cm³/mol. The van der Waals surface area contributed by atoms with Gasteiger partial charge in [0.05, 0.1) is 6.61 Å². The van der Waals surface area contributed by atoms with Gasteiger partial charge in [0.2, 0.25) is 0 Å². The van der Waals surface area contributed by atoms with Crippen LogP contribution < -0.4 is 10.5 Å². The third kappa shape index (κ3) is 3.83. The number of nitrogens with two attached hydrogens (primary N) is 1. The largest absolute Gasteiger partial charge is 0.494 e. The first-order valence-electron chi connectivity index (χ1n) is 6.73. The molecule has 2 aromatic rings. The van der Waals surface area contributed by atoms with Crippen LogP contribution in [0.2, 0.25) is 0 Å². The third-order valence-electron chi connectivity index (χ3n) is 3.17. The molecule has 0 aliphatic heterocycles. The Morgan fingerprint density at radius 2 is 1.84 bits per heavy atom. The SMILES string of the molecule is CCOc1cccc(C(N)Cc2ccc(C)cc2)c1. The minimum atomic E-state index is 0.00288. The molecular formula is C17H21NO. The van der Waals surface area contributed by atoms with Gasteiger partial charge in [-0.15, -0.1) is 0 Å². The second-order valence-corrected chi connectivity index (χ2v) is 4.80. The fourth-order valence-electron chi connectivity index (χ4n) is 2.10. The van der Waals surface area contributed by atoms with Gasteiger partial charge in [0, 0.05) is 6.04 Å². The molecule has 0 amide bonds. The molecule has 0 spiro atoms. The van der Waals surface area contributed by atoms with Crippen molar-refractivity contribution in [3.8, 4) is 5.75 Å². The van der Waals surface area contributed by atoms with Crippen molar-refractivity contribution in [1.29, 1.82) is 0 Å². The molecular weight excluding hydrogens is 234 g/mol. The summed E-state index contributed by atoms with van der Waals surface area (Å²) >= 11 is 0. The highest BCUT2D eigenvalue weighted by Gasteiger charge is 2.08. The fourth-order valence-corrected chi connectivity index (χ4v) is 2.10. The van der Waals surface area contributed by atoms with E-state index in [1.54, 1.807) is 0 Å². The summed E-state index contributed by atoms with van der Waals surface area (Å²) in [6.07, 6.45) is 0.843. The topological polar surface area (TPSA) is 35.2 Å². The molecule has 0 radical (unpaired) electrons. The maximum atomic E-state index is 6.27. The Kier molecular flexibility index (Phi) is 4.58. The molecule has 0 saturated heterocycles. The van der Waals surface area contributed by atoms with Gasteiger partial charge in [-0.05, 0) is 43.5 Å². The molecule has 0 aliphatic carbocycles. The third-order valence-corrected chi connectivity index (χ3v) is 3.17. The maximum Gasteiger partial charge on any atom is 0.119 e. The van der Waals surface area contributed by atoms with E-state index in [1.807, 2.05) is 25.1 Å². The Balaban J connectivity index is 2.08. The lowest BCUT2D eigenvalue weighted by molar-refractivity contribution is 0.339. The zero-order chi connectivity index (χ0) is 13.7. The molecule has 0 bridgehead atoms. The molecule has 0 fully saturated rings. The van der Waals surface area contributed by atoms with E-state index in [-0.39, 0.29) is 6.04 Å². The van der Waals surface area contributed by atoms with E-state index in [0.29, 0.717) is 6.61 Å². The first-order chi connectivity index (χ1) is 9.19. The van der Waals surface area contributed by atoms with Crippen molar-refractivity contribution >= 4 is 0 Å².